The molecule has 0 radical (unpaired) electrons. The second-order valence-corrected chi connectivity index (χ2v) is 4.66. The fraction of sp³-hybridized carbons (Fsp3) is 0.571. The Morgan fingerprint density at radius 1 is 1.11 bits per heavy atom. The number of unbranched alkanes of at least 4 members (excludes halogenated alkanes) is 2. The van der Waals surface area contributed by atoms with E-state index in [1.165, 1.54) is 12.1 Å². The Hall–Kier alpha value is -1.00. The molecular weight excluding hydrogens is 234 g/mol. The minimum Gasteiger partial charge on any atom is -0.330 e. The van der Waals surface area contributed by atoms with Crippen LogP contribution in [0.2, 0.25) is 0 Å². The van der Waals surface area contributed by atoms with Crippen molar-refractivity contribution < 1.29 is 8.78 Å². The Bertz CT molecular complexity index is 328. The number of nitrogens with zero attached hydrogens (tertiary/aromatic N) is 1. The van der Waals surface area contributed by atoms with Crippen LogP contribution in [-0.2, 0) is 5.92 Å². The predicted octanol–water partition coefficient (Wildman–Crippen LogP) is 2.84. The summed E-state index contributed by atoms with van der Waals surface area (Å²) in [6, 6.07) is 7.98. The van der Waals surface area contributed by atoms with E-state index < -0.39 is 5.92 Å². The zero-order valence-electron chi connectivity index (χ0n) is 10.9. The summed E-state index contributed by atoms with van der Waals surface area (Å²) in [5.41, 5.74) is 5.47. The van der Waals surface area contributed by atoms with Gasteiger partial charge in [0, 0.05) is 5.56 Å². The van der Waals surface area contributed by atoms with Crippen molar-refractivity contribution in [1.29, 1.82) is 0 Å². The molecule has 0 aromatic heterocycles. The van der Waals surface area contributed by atoms with Gasteiger partial charge >= 0.3 is 0 Å². The minimum atomic E-state index is -2.79. The first-order valence-electron chi connectivity index (χ1n) is 6.38. The number of nitrogens with two attached hydrogens (primary N) is 1. The van der Waals surface area contributed by atoms with E-state index in [0.717, 1.165) is 19.3 Å². The number of rotatable bonds is 8. The van der Waals surface area contributed by atoms with Crippen molar-refractivity contribution in [3.63, 3.8) is 0 Å². The van der Waals surface area contributed by atoms with E-state index in [1.807, 2.05) is 0 Å². The average molecular weight is 256 g/mol. The van der Waals surface area contributed by atoms with Crippen molar-refractivity contribution in [2.24, 2.45) is 5.73 Å². The van der Waals surface area contributed by atoms with Crippen LogP contribution in [0.25, 0.3) is 0 Å². The Balaban J connectivity index is 2.40. The molecule has 2 N–H and O–H groups in total. The van der Waals surface area contributed by atoms with Crippen molar-refractivity contribution in [3.05, 3.63) is 35.9 Å². The molecule has 0 aliphatic rings. The number of benzene rings is 1. The van der Waals surface area contributed by atoms with Gasteiger partial charge in [0.25, 0.3) is 5.92 Å². The zero-order valence-corrected chi connectivity index (χ0v) is 10.9. The molecule has 0 atom stereocenters. The predicted molar refractivity (Wildman–Crippen MR) is 70.7 cm³/mol. The molecule has 0 heterocycles. The molecule has 1 aromatic carbocycles. The maximum atomic E-state index is 13.9. The van der Waals surface area contributed by atoms with Crippen molar-refractivity contribution in [1.82, 2.24) is 4.90 Å². The van der Waals surface area contributed by atoms with Gasteiger partial charge in [0.05, 0.1) is 6.54 Å². The summed E-state index contributed by atoms with van der Waals surface area (Å²) >= 11 is 0. The maximum absolute atomic E-state index is 13.9. The Morgan fingerprint density at radius 2 is 1.78 bits per heavy atom. The molecule has 0 fully saturated rings. The third kappa shape index (κ3) is 5.10. The highest BCUT2D eigenvalue weighted by molar-refractivity contribution is 5.20. The summed E-state index contributed by atoms with van der Waals surface area (Å²) in [4.78, 5) is 1.68. The van der Waals surface area contributed by atoms with Gasteiger partial charge in [-0.2, -0.15) is 8.78 Å². The van der Waals surface area contributed by atoms with E-state index in [-0.39, 0.29) is 12.1 Å². The summed E-state index contributed by atoms with van der Waals surface area (Å²) < 4.78 is 27.8. The quantitative estimate of drug-likeness (QED) is 0.725. The van der Waals surface area contributed by atoms with Crippen LogP contribution in [0.1, 0.15) is 24.8 Å². The van der Waals surface area contributed by atoms with Crippen molar-refractivity contribution in [2.75, 3.05) is 26.7 Å². The van der Waals surface area contributed by atoms with Crippen molar-refractivity contribution in [2.45, 2.75) is 25.2 Å². The lowest BCUT2D eigenvalue weighted by molar-refractivity contribution is -0.0323. The number of hydrogen-bond acceptors (Lipinski definition) is 2. The largest absolute Gasteiger partial charge is 0.330 e. The standard InChI is InChI=1S/C14H22F2N2/c1-18(11-7-3-6-10-17)12-14(15,16)13-8-4-2-5-9-13/h2,4-5,8-9H,3,6-7,10-12,17H2,1H3. The molecule has 0 bridgehead atoms. The highest BCUT2D eigenvalue weighted by atomic mass is 19.3. The van der Waals surface area contributed by atoms with Crippen molar-refractivity contribution in [3.8, 4) is 0 Å². The Kier molecular flexibility index (Phi) is 6.22. The van der Waals surface area contributed by atoms with Gasteiger partial charge in [-0.15, -0.1) is 0 Å². The van der Waals surface area contributed by atoms with E-state index in [4.69, 9.17) is 5.73 Å². The second kappa shape index (κ2) is 7.44. The lowest BCUT2D eigenvalue weighted by Gasteiger charge is -2.24. The molecule has 18 heavy (non-hydrogen) atoms. The van der Waals surface area contributed by atoms with E-state index in [2.05, 4.69) is 0 Å². The third-order valence-electron chi connectivity index (χ3n) is 2.91. The van der Waals surface area contributed by atoms with Gasteiger partial charge in [-0.1, -0.05) is 36.8 Å². The minimum absolute atomic E-state index is 0.0822. The summed E-state index contributed by atoms with van der Waals surface area (Å²) in [5.74, 6) is -2.79. The Morgan fingerprint density at radius 3 is 2.39 bits per heavy atom. The van der Waals surface area contributed by atoms with E-state index in [1.54, 1.807) is 30.1 Å². The van der Waals surface area contributed by atoms with E-state index >= 15 is 0 Å². The van der Waals surface area contributed by atoms with Crippen LogP contribution in [0.4, 0.5) is 8.78 Å². The van der Waals surface area contributed by atoms with Crippen LogP contribution >= 0.6 is 0 Å². The van der Waals surface area contributed by atoms with Crippen LogP contribution in [0.5, 0.6) is 0 Å². The monoisotopic (exact) mass is 256 g/mol. The molecule has 0 aliphatic carbocycles. The maximum Gasteiger partial charge on any atom is 0.285 e. The first kappa shape index (κ1) is 15.1. The number of alkyl halides is 2. The molecule has 0 saturated heterocycles. The summed E-state index contributed by atoms with van der Waals surface area (Å²) in [6.07, 6.45) is 2.87. The van der Waals surface area contributed by atoms with Gasteiger partial charge in [-0.3, -0.25) is 0 Å². The topological polar surface area (TPSA) is 29.3 Å². The van der Waals surface area contributed by atoms with Gasteiger partial charge in [-0.25, -0.2) is 0 Å². The smallest absolute Gasteiger partial charge is 0.285 e. The zero-order chi connectivity index (χ0) is 13.4. The van der Waals surface area contributed by atoms with Crippen LogP contribution < -0.4 is 5.73 Å². The molecule has 102 valence electrons. The van der Waals surface area contributed by atoms with Gasteiger partial charge in [0.15, 0.2) is 0 Å². The fourth-order valence-electron chi connectivity index (χ4n) is 1.89. The molecule has 0 amide bonds. The van der Waals surface area contributed by atoms with Gasteiger partial charge in [-0.05, 0) is 33.0 Å². The van der Waals surface area contributed by atoms with Crippen LogP contribution in [0.15, 0.2) is 30.3 Å². The van der Waals surface area contributed by atoms with Gasteiger partial charge in [0.1, 0.15) is 0 Å². The second-order valence-electron chi connectivity index (χ2n) is 4.66. The molecule has 0 spiro atoms. The lowest BCUT2D eigenvalue weighted by atomic mass is 10.1. The highest BCUT2D eigenvalue weighted by Crippen LogP contribution is 2.28. The van der Waals surface area contributed by atoms with E-state index in [9.17, 15) is 8.78 Å². The first-order valence-corrected chi connectivity index (χ1v) is 6.38. The third-order valence-corrected chi connectivity index (χ3v) is 2.91. The van der Waals surface area contributed by atoms with Crippen LogP contribution in [0.3, 0.4) is 0 Å². The van der Waals surface area contributed by atoms with Crippen molar-refractivity contribution >= 4 is 0 Å². The molecule has 0 saturated carbocycles. The SMILES string of the molecule is CN(CCCCCN)CC(F)(F)c1ccccc1. The normalized spacial score (nSPS) is 12.1. The highest BCUT2D eigenvalue weighted by Gasteiger charge is 2.32. The number of halogens is 2. The summed E-state index contributed by atoms with van der Waals surface area (Å²) in [6.45, 7) is 1.12. The van der Waals surface area contributed by atoms with E-state index in [0.29, 0.717) is 13.1 Å². The molecule has 0 aliphatic heterocycles. The van der Waals surface area contributed by atoms with Crippen LogP contribution in [-0.4, -0.2) is 31.6 Å². The lowest BCUT2D eigenvalue weighted by Crippen LogP contribution is -2.33. The Labute approximate surface area is 108 Å². The van der Waals surface area contributed by atoms with Gasteiger partial charge < -0.3 is 10.6 Å². The molecule has 4 heteroatoms. The summed E-state index contributed by atoms with van der Waals surface area (Å²) in [7, 11) is 1.74. The molecular formula is C14H22F2N2. The number of likely N-dealkylation sites (N-methyl/N-ethyl adjacent to an activating group) is 1. The summed E-state index contributed by atoms with van der Waals surface area (Å²) in [5, 5.41) is 0. The molecule has 1 rings (SSSR count). The number of hydrogen-bond donors (Lipinski definition) is 1. The molecule has 0 unspecified atom stereocenters. The van der Waals surface area contributed by atoms with Crippen LogP contribution in [0, 0.1) is 0 Å². The van der Waals surface area contributed by atoms with Gasteiger partial charge in [0.2, 0.25) is 0 Å². The average Bonchev–Trinajstić information content (AvgIpc) is 2.35. The molecule has 1 aromatic rings. The fourth-order valence-corrected chi connectivity index (χ4v) is 1.89. The molecule has 2 nitrogen and oxygen atoms in total. The first-order chi connectivity index (χ1) is 8.56.